The molecule has 2 atom stereocenters. The van der Waals surface area contributed by atoms with Gasteiger partial charge in [-0.05, 0) is 52.5 Å². The molecule has 34 heavy (non-hydrogen) atoms. The van der Waals surface area contributed by atoms with Gasteiger partial charge in [-0.1, -0.05) is 59.8 Å². The molecule has 0 bridgehead atoms. The van der Waals surface area contributed by atoms with E-state index in [9.17, 15) is 0 Å². The van der Waals surface area contributed by atoms with Crippen molar-refractivity contribution in [1.82, 2.24) is 10.6 Å². The third kappa shape index (κ3) is 28.0. The van der Waals surface area contributed by atoms with Gasteiger partial charge in [-0.2, -0.15) is 0 Å². The van der Waals surface area contributed by atoms with Crippen LogP contribution in [0.15, 0.2) is 0 Å². The summed E-state index contributed by atoms with van der Waals surface area (Å²) in [6.45, 7) is 19.5. The maximum Gasteiger partial charge on any atom is 0.0701 e. The molecule has 0 rings (SSSR count). The molecule has 206 valence electrons. The summed E-state index contributed by atoms with van der Waals surface area (Å²) < 4.78 is 23.0. The van der Waals surface area contributed by atoms with E-state index >= 15 is 0 Å². The minimum Gasteiger partial charge on any atom is -0.379 e. The van der Waals surface area contributed by atoms with Gasteiger partial charge in [-0.15, -0.1) is 0 Å². The zero-order valence-corrected chi connectivity index (χ0v) is 23.7. The van der Waals surface area contributed by atoms with Gasteiger partial charge in [0.25, 0.3) is 0 Å². The van der Waals surface area contributed by atoms with E-state index in [1.165, 1.54) is 44.9 Å². The SMILES string of the molecule is CC(C)NCCCCCCCCCOC(C)CCC(C)OCCCOCCOCCNC(C)C. The normalized spacial score (nSPS) is 13.8. The molecule has 0 fully saturated rings. The van der Waals surface area contributed by atoms with Gasteiger partial charge in [0.05, 0.1) is 32.0 Å². The van der Waals surface area contributed by atoms with Crippen molar-refractivity contribution in [3.8, 4) is 0 Å². The minimum atomic E-state index is 0.276. The van der Waals surface area contributed by atoms with Crippen molar-refractivity contribution < 1.29 is 18.9 Å². The van der Waals surface area contributed by atoms with Crippen LogP contribution in [0.4, 0.5) is 0 Å². The van der Waals surface area contributed by atoms with Crippen LogP contribution in [0.25, 0.3) is 0 Å². The number of hydrogen-bond acceptors (Lipinski definition) is 6. The van der Waals surface area contributed by atoms with E-state index in [1.54, 1.807) is 0 Å². The van der Waals surface area contributed by atoms with E-state index in [0.29, 0.717) is 31.4 Å². The quantitative estimate of drug-likeness (QED) is 0.144. The largest absolute Gasteiger partial charge is 0.379 e. The molecule has 0 aromatic heterocycles. The molecular formula is C28H60N2O4. The number of nitrogens with one attached hydrogen (secondary N) is 2. The van der Waals surface area contributed by atoms with E-state index in [1.807, 2.05) is 0 Å². The van der Waals surface area contributed by atoms with Crippen LogP contribution in [-0.4, -0.2) is 77.0 Å². The molecule has 0 saturated heterocycles. The number of ether oxygens (including phenoxy) is 4. The van der Waals surface area contributed by atoms with Crippen molar-refractivity contribution in [3.05, 3.63) is 0 Å². The summed E-state index contributed by atoms with van der Waals surface area (Å²) in [5.41, 5.74) is 0. The first-order chi connectivity index (χ1) is 16.4. The monoisotopic (exact) mass is 488 g/mol. The van der Waals surface area contributed by atoms with E-state index in [4.69, 9.17) is 18.9 Å². The Bertz CT molecular complexity index is 361. The molecular weight excluding hydrogens is 428 g/mol. The van der Waals surface area contributed by atoms with Crippen molar-refractivity contribution in [1.29, 1.82) is 0 Å². The predicted octanol–water partition coefficient (Wildman–Crippen LogP) is 5.73. The van der Waals surface area contributed by atoms with E-state index < -0.39 is 0 Å². The lowest BCUT2D eigenvalue weighted by Crippen LogP contribution is -2.27. The van der Waals surface area contributed by atoms with Crippen molar-refractivity contribution in [2.24, 2.45) is 0 Å². The molecule has 6 nitrogen and oxygen atoms in total. The van der Waals surface area contributed by atoms with Gasteiger partial charge in [0, 0.05) is 38.4 Å². The van der Waals surface area contributed by atoms with E-state index in [-0.39, 0.29) is 6.10 Å². The fourth-order valence-electron chi connectivity index (χ4n) is 3.61. The van der Waals surface area contributed by atoms with Crippen LogP contribution in [0.3, 0.4) is 0 Å². The van der Waals surface area contributed by atoms with Gasteiger partial charge < -0.3 is 29.6 Å². The van der Waals surface area contributed by atoms with Crippen LogP contribution < -0.4 is 10.6 Å². The summed E-state index contributed by atoms with van der Waals surface area (Å²) in [4.78, 5) is 0. The van der Waals surface area contributed by atoms with Crippen molar-refractivity contribution in [2.75, 3.05) is 52.7 Å². The van der Waals surface area contributed by atoms with Gasteiger partial charge in [0.15, 0.2) is 0 Å². The highest BCUT2D eigenvalue weighted by Gasteiger charge is 2.07. The molecule has 2 unspecified atom stereocenters. The molecule has 0 spiro atoms. The Labute approximate surface area is 212 Å². The maximum absolute atomic E-state index is 5.99. The average molecular weight is 489 g/mol. The first-order valence-corrected chi connectivity index (χ1v) is 14.3. The highest BCUT2D eigenvalue weighted by Crippen LogP contribution is 2.11. The Hall–Kier alpha value is -0.240. The molecule has 0 heterocycles. The fourth-order valence-corrected chi connectivity index (χ4v) is 3.61. The van der Waals surface area contributed by atoms with Gasteiger partial charge in [-0.3, -0.25) is 0 Å². The standard InChI is InChI=1S/C28H60N2O4/c1-25(2)29-17-12-10-8-7-9-11-13-20-33-27(5)15-16-28(6)34-21-14-19-31-23-24-32-22-18-30-26(3)4/h25-30H,7-24H2,1-6H3. The maximum atomic E-state index is 5.99. The van der Waals surface area contributed by atoms with Gasteiger partial charge in [0.1, 0.15) is 0 Å². The zero-order valence-electron chi connectivity index (χ0n) is 23.7. The second-order valence-corrected chi connectivity index (χ2v) is 10.2. The summed E-state index contributed by atoms with van der Waals surface area (Å²) in [6, 6.07) is 1.12. The molecule has 0 saturated carbocycles. The molecule has 2 N–H and O–H groups in total. The van der Waals surface area contributed by atoms with Gasteiger partial charge in [0.2, 0.25) is 0 Å². The van der Waals surface area contributed by atoms with Crippen LogP contribution in [-0.2, 0) is 18.9 Å². The molecule has 0 aromatic rings. The first-order valence-electron chi connectivity index (χ1n) is 14.3. The Morgan fingerprint density at radius 3 is 1.50 bits per heavy atom. The van der Waals surface area contributed by atoms with Crippen molar-refractivity contribution in [2.45, 2.75) is 130 Å². The van der Waals surface area contributed by atoms with E-state index in [0.717, 1.165) is 58.8 Å². The molecule has 0 amide bonds. The molecule has 0 radical (unpaired) electrons. The smallest absolute Gasteiger partial charge is 0.0701 e. The Kier molecular flexibility index (Phi) is 25.7. The van der Waals surface area contributed by atoms with Gasteiger partial charge >= 0.3 is 0 Å². The molecule has 0 aromatic carbocycles. The Balaban J connectivity index is 3.30. The number of unbranched alkanes of at least 4 members (excludes halogenated alkanes) is 6. The lowest BCUT2D eigenvalue weighted by molar-refractivity contribution is 0.00866. The summed E-state index contributed by atoms with van der Waals surface area (Å²) in [6.07, 6.45) is 12.8. The summed E-state index contributed by atoms with van der Waals surface area (Å²) in [5, 5.41) is 6.81. The van der Waals surface area contributed by atoms with Crippen molar-refractivity contribution in [3.63, 3.8) is 0 Å². The van der Waals surface area contributed by atoms with Gasteiger partial charge in [-0.25, -0.2) is 0 Å². The van der Waals surface area contributed by atoms with Crippen LogP contribution in [0.1, 0.15) is 106 Å². The highest BCUT2D eigenvalue weighted by molar-refractivity contribution is 4.58. The molecule has 0 aliphatic heterocycles. The lowest BCUT2D eigenvalue weighted by Gasteiger charge is -2.17. The summed E-state index contributed by atoms with van der Waals surface area (Å²) in [7, 11) is 0. The zero-order chi connectivity index (χ0) is 25.3. The molecule has 0 aliphatic carbocycles. The van der Waals surface area contributed by atoms with Crippen LogP contribution >= 0.6 is 0 Å². The fraction of sp³-hybridized carbons (Fsp3) is 1.00. The molecule has 6 heteroatoms. The second-order valence-electron chi connectivity index (χ2n) is 10.2. The van der Waals surface area contributed by atoms with Crippen LogP contribution in [0.2, 0.25) is 0 Å². The Morgan fingerprint density at radius 1 is 0.441 bits per heavy atom. The first kappa shape index (κ1) is 33.8. The summed E-state index contributed by atoms with van der Waals surface area (Å²) >= 11 is 0. The van der Waals surface area contributed by atoms with E-state index in [2.05, 4.69) is 52.2 Å². The van der Waals surface area contributed by atoms with Crippen LogP contribution in [0.5, 0.6) is 0 Å². The third-order valence-corrected chi connectivity index (χ3v) is 5.76. The number of rotatable bonds is 27. The summed E-state index contributed by atoms with van der Waals surface area (Å²) in [5.74, 6) is 0. The second kappa shape index (κ2) is 25.8. The predicted molar refractivity (Wildman–Crippen MR) is 145 cm³/mol. The molecule has 0 aliphatic rings. The number of hydrogen-bond donors (Lipinski definition) is 2. The average Bonchev–Trinajstić information content (AvgIpc) is 2.79. The third-order valence-electron chi connectivity index (χ3n) is 5.76. The highest BCUT2D eigenvalue weighted by atomic mass is 16.5. The topological polar surface area (TPSA) is 61.0 Å². The van der Waals surface area contributed by atoms with Crippen molar-refractivity contribution >= 4 is 0 Å². The minimum absolute atomic E-state index is 0.276. The lowest BCUT2D eigenvalue weighted by atomic mass is 10.1. The van der Waals surface area contributed by atoms with Crippen LogP contribution in [0, 0.1) is 0 Å². The Morgan fingerprint density at radius 2 is 0.912 bits per heavy atom.